The fourth-order valence-corrected chi connectivity index (χ4v) is 3.87. The molecule has 20 heavy (non-hydrogen) atoms. The predicted octanol–water partition coefficient (Wildman–Crippen LogP) is 2.91. The molecule has 0 aliphatic heterocycles. The number of anilines is 1. The molecule has 6 heteroatoms. The normalized spacial score (nSPS) is 18.3. The minimum Gasteiger partial charge on any atom is -0.368 e. The number of fused-ring (bicyclic) bond motifs is 1. The molecular weight excluding hydrogens is 270 g/mol. The molecule has 0 amide bonds. The summed E-state index contributed by atoms with van der Waals surface area (Å²) in [5.74, 6) is 1.65. The standard InChI is InChI=1S/C14H21N5S/c1-11-8-12(19-13(18-11)16-10-17-19)15-9-14(20-2)6-4-3-5-7-14/h8,10,15H,3-7,9H2,1-2H3. The van der Waals surface area contributed by atoms with Gasteiger partial charge in [0.05, 0.1) is 0 Å². The molecule has 1 N–H and O–H groups in total. The lowest BCUT2D eigenvalue weighted by Crippen LogP contribution is -2.36. The zero-order valence-corrected chi connectivity index (χ0v) is 12.9. The lowest BCUT2D eigenvalue weighted by molar-refractivity contribution is 0.411. The summed E-state index contributed by atoms with van der Waals surface area (Å²) in [6.07, 6.45) is 10.4. The molecule has 3 rings (SSSR count). The van der Waals surface area contributed by atoms with E-state index >= 15 is 0 Å². The zero-order valence-electron chi connectivity index (χ0n) is 12.1. The van der Waals surface area contributed by atoms with Gasteiger partial charge in [-0.25, -0.2) is 4.98 Å². The summed E-state index contributed by atoms with van der Waals surface area (Å²) in [5.41, 5.74) is 0.967. The van der Waals surface area contributed by atoms with Gasteiger partial charge in [0, 0.05) is 23.1 Å². The van der Waals surface area contributed by atoms with Gasteiger partial charge in [-0.1, -0.05) is 19.3 Å². The third-order valence-corrected chi connectivity index (χ3v) is 5.59. The van der Waals surface area contributed by atoms with Crippen molar-refractivity contribution in [3.05, 3.63) is 18.1 Å². The minimum absolute atomic E-state index is 0.363. The van der Waals surface area contributed by atoms with Crippen molar-refractivity contribution in [3.63, 3.8) is 0 Å². The van der Waals surface area contributed by atoms with Gasteiger partial charge >= 0.3 is 0 Å². The molecule has 1 aliphatic rings. The molecule has 108 valence electrons. The highest BCUT2D eigenvalue weighted by Crippen LogP contribution is 2.38. The molecule has 0 radical (unpaired) electrons. The first-order chi connectivity index (χ1) is 9.72. The number of nitrogens with zero attached hydrogens (tertiary/aromatic N) is 4. The Hall–Kier alpha value is -1.30. The Morgan fingerprint density at radius 2 is 2.15 bits per heavy atom. The molecule has 0 atom stereocenters. The third-order valence-electron chi connectivity index (χ3n) is 4.17. The molecule has 0 saturated heterocycles. The van der Waals surface area contributed by atoms with Crippen LogP contribution in [-0.4, -0.2) is 37.1 Å². The third kappa shape index (κ3) is 2.61. The summed E-state index contributed by atoms with van der Waals surface area (Å²) >= 11 is 2.00. The van der Waals surface area contributed by atoms with Crippen molar-refractivity contribution >= 4 is 23.4 Å². The highest BCUT2D eigenvalue weighted by atomic mass is 32.2. The molecule has 0 bridgehead atoms. The number of thioether (sulfide) groups is 1. The van der Waals surface area contributed by atoms with E-state index in [-0.39, 0.29) is 0 Å². The molecule has 0 aromatic carbocycles. The van der Waals surface area contributed by atoms with Crippen LogP contribution in [0.2, 0.25) is 0 Å². The molecule has 0 unspecified atom stereocenters. The Balaban J connectivity index is 1.80. The van der Waals surface area contributed by atoms with Crippen LogP contribution in [0.5, 0.6) is 0 Å². The Labute approximate surface area is 123 Å². The molecule has 0 spiro atoms. The van der Waals surface area contributed by atoms with Crippen LogP contribution in [0, 0.1) is 6.92 Å². The van der Waals surface area contributed by atoms with Crippen molar-refractivity contribution in [1.29, 1.82) is 0 Å². The molecule has 1 fully saturated rings. The second kappa shape index (κ2) is 5.60. The SMILES string of the molecule is CSC1(CNc2cc(C)nc3ncnn23)CCCCC1. The fourth-order valence-electron chi connectivity index (χ4n) is 2.96. The second-order valence-electron chi connectivity index (χ2n) is 5.56. The van der Waals surface area contributed by atoms with E-state index in [1.54, 1.807) is 10.8 Å². The van der Waals surface area contributed by atoms with Crippen LogP contribution in [0.25, 0.3) is 5.78 Å². The van der Waals surface area contributed by atoms with Gasteiger partial charge in [0.2, 0.25) is 0 Å². The average molecular weight is 291 g/mol. The van der Waals surface area contributed by atoms with Crippen LogP contribution in [-0.2, 0) is 0 Å². The molecule has 2 aromatic heterocycles. The van der Waals surface area contributed by atoms with Crippen molar-refractivity contribution in [1.82, 2.24) is 19.6 Å². The van der Waals surface area contributed by atoms with Crippen LogP contribution in [0.3, 0.4) is 0 Å². The van der Waals surface area contributed by atoms with Gasteiger partial charge < -0.3 is 5.32 Å². The first-order valence-electron chi connectivity index (χ1n) is 7.19. The molecule has 1 aliphatic carbocycles. The maximum Gasteiger partial charge on any atom is 0.254 e. The van der Waals surface area contributed by atoms with Crippen molar-refractivity contribution in [3.8, 4) is 0 Å². The van der Waals surface area contributed by atoms with Gasteiger partial charge in [-0.15, -0.1) is 0 Å². The van der Waals surface area contributed by atoms with Crippen LogP contribution in [0.4, 0.5) is 5.82 Å². The number of nitrogens with one attached hydrogen (secondary N) is 1. The maximum atomic E-state index is 4.37. The fraction of sp³-hybridized carbons (Fsp3) is 0.643. The summed E-state index contributed by atoms with van der Waals surface area (Å²) in [7, 11) is 0. The van der Waals surface area contributed by atoms with E-state index in [1.165, 1.54) is 32.1 Å². The monoisotopic (exact) mass is 291 g/mol. The van der Waals surface area contributed by atoms with E-state index in [0.29, 0.717) is 10.5 Å². The molecule has 2 aromatic rings. The first kappa shape index (κ1) is 13.7. The van der Waals surface area contributed by atoms with Crippen molar-refractivity contribution < 1.29 is 0 Å². The highest BCUT2D eigenvalue weighted by Gasteiger charge is 2.31. The highest BCUT2D eigenvalue weighted by molar-refractivity contribution is 8.00. The van der Waals surface area contributed by atoms with E-state index in [2.05, 4.69) is 26.6 Å². The first-order valence-corrected chi connectivity index (χ1v) is 8.41. The average Bonchev–Trinajstić information content (AvgIpc) is 2.94. The Bertz CT molecular complexity index is 588. The summed E-state index contributed by atoms with van der Waals surface area (Å²) in [6, 6.07) is 2.04. The molecule has 2 heterocycles. The molecule has 5 nitrogen and oxygen atoms in total. The Morgan fingerprint density at radius 3 is 2.90 bits per heavy atom. The van der Waals surface area contributed by atoms with E-state index in [0.717, 1.165) is 18.1 Å². The molecule has 1 saturated carbocycles. The van der Waals surface area contributed by atoms with Gasteiger partial charge in [-0.05, 0) is 26.0 Å². The van der Waals surface area contributed by atoms with Crippen LogP contribution < -0.4 is 5.32 Å². The maximum absolute atomic E-state index is 4.37. The second-order valence-corrected chi connectivity index (χ2v) is 6.83. The van der Waals surface area contributed by atoms with Gasteiger partial charge in [0.1, 0.15) is 12.1 Å². The van der Waals surface area contributed by atoms with Crippen LogP contribution in [0.15, 0.2) is 12.4 Å². The number of aromatic nitrogens is 4. The van der Waals surface area contributed by atoms with Crippen LogP contribution >= 0.6 is 11.8 Å². The van der Waals surface area contributed by atoms with Gasteiger partial charge in [-0.3, -0.25) is 0 Å². The summed E-state index contributed by atoms with van der Waals surface area (Å²) < 4.78 is 2.15. The van der Waals surface area contributed by atoms with E-state index in [9.17, 15) is 0 Å². The van der Waals surface area contributed by atoms with Gasteiger partial charge in [0.15, 0.2) is 0 Å². The zero-order chi connectivity index (χ0) is 14.0. The van der Waals surface area contributed by atoms with Crippen molar-refractivity contribution in [2.24, 2.45) is 0 Å². The van der Waals surface area contributed by atoms with E-state index in [4.69, 9.17) is 0 Å². The lowest BCUT2D eigenvalue weighted by atomic mass is 9.88. The summed E-state index contributed by atoms with van der Waals surface area (Å²) in [6.45, 7) is 2.97. The summed E-state index contributed by atoms with van der Waals surface area (Å²) in [5, 5.41) is 7.82. The molecular formula is C14H21N5S. The number of hydrogen-bond acceptors (Lipinski definition) is 5. The quantitative estimate of drug-likeness (QED) is 0.938. The van der Waals surface area contributed by atoms with Crippen molar-refractivity contribution in [2.45, 2.75) is 43.8 Å². The van der Waals surface area contributed by atoms with Crippen molar-refractivity contribution in [2.75, 3.05) is 18.1 Å². The van der Waals surface area contributed by atoms with Crippen LogP contribution in [0.1, 0.15) is 37.8 Å². The van der Waals surface area contributed by atoms with Gasteiger partial charge in [-0.2, -0.15) is 26.4 Å². The lowest BCUT2D eigenvalue weighted by Gasteiger charge is -2.36. The van der Waals surface area contributed by atoms with Gasteiger partial charge in [0.25, 0.3) is 5.78 Å². The largest absolute Gasteiger partial charge is 0.368 e. The minimum atomic E-state index is 0.363. The number of rotatable bonds is 4. The summed E-state index contributed by atoms with van der Waals surface area (Å²) in [4.78, 5) is 8.54. The topological polar surface area (TPSA) is 55.1 Å². The Morgan fingerprint density at radius 1 is 1.35 bits per heavy atom. The predicted molar refractivity (Wildman–Crippen MR) is 83.3 cm³/mol. The van der Waals surface area contributed by atoms with E-state index < -0.39 is 0 Å². The number of hydrogen-bond donors (Lipinski definition) is 1. The smallest absolute Gasteiger partial charge is 0.254 e. The Kier molecular flexibility index (Phi) is 3.83. The van der Waals surface area contributed by atoms with E-state index in [1.807, 2.05) is 24.8 Å². The number of aryl methyl sites for hydroxylation is 1.